The van der Waals surface area contributed by atoms with Gasteiger partial charge in [-0.25, -0.2) is 4.98 Å². The molecule has 1 aromatic carbocycles. The van der Waals surface area contributed by atoms with E-state index in [2.05, 4.69) is 28.8 Å². The summed E-state index contributed by atoms with van der Waals surface area (Å²) in [6, 6.07) is 8.55. The number of benzene rings is 1. The largest absolute Gasteiger partial charge is 0.369 e. The number of fused-ring (bicyclic) bond motifs is 1. The Balaban J connectivity index is 2.53. The minimum atomic E-state index is 0.433. The molecular weight excluding hydrogens is 218 g/mol. The fourth-order valence-corrected chi connectivity index (χ4v) is 2.78. The summed E-state index contributed by atoms with van der Waals surface area (Å²) in [6.45, 7) is 2.19. The second-order valence-electron chi connectivity index (χ2n) is 3.85. The van der Waals surface area contributed by atoms with Gasteiger partial charge in [0.15, 0.2) is 0 Å². The molecule has 0 bridgehead atoms. The zero-order chi connectivity index (χ0) is 11.5. The van der Waals surface area contributed by atoms with Crippen LogP contribution in [-0.2, 0) is 0 Å². The Morgan fingerprint density at radius 3 is 2.88 bits per heavy atom. The molecule has 0 spiro atoms. The summed E-state index contributed by atoms with van der Waals surface area (Å²) in [5.74, 6) is 1.70. The van der Waals surface area contributed by atoms with E-state index in [1.807, 2.05) is 30.0 Å². The lowest BCUT2D eigenvalue weighted by Crippen LogP contribution is -2.13. The minimum absolute atomic E-state index is 0.433. The monoisotopic (exact) mass is 235 g/mol. The number of hydrogen-bond acceptors (Lipinski definition) is 3. The zero-order valence-corrected chi connectivity index (χ0v) is 10.5. The number of nitrogen functional groups attached to an aromatic ring is 1. The van der Waals surface area contributed by atoms with Crippen LogP contribution >= 0.6 is 11.8 Å². The lowest BCUT2D eigenvalue weighted by molar-refractivity contribution is 0.561. The van der Waals surface area contributed by atoms with Crippen molar-refractivity contribution in [2.75, 3.05) is 17.7 Å². The number of thioether (sulfide) groups is 1. The van der Waals surface area contributed by atoms with Gasteiger partial charge < -0.3 is 10.3 Å². The molecule has 3 nitrogen and oxygen atoms in total. The Hall–Kier alpha value is -1.16. The summed E-state index contributed by atoms with van der Waals surface area (Å²) in [4.78, 5) is 4.40. The molecule has 0 amide bonds. The predicted molar refractivity (Wildman–Crippen MR) is 71.9 cm³/mol. The van der Waals surface area contributed by atoms with Crippen LogP contribution in [0.4, 0.5) is 5.95 Å². The number of aromatic nitrogens is 2. The first kappa shape index (κ1) is 11.3. The van der Waals surface area contributed by atoms with Crippen LogP contribution in [0.1, 0.15) is 19.4 Å². The van der Waals surface area contributed by atoms with Gasteiger partial charge in [-0.3, -0.25) is 0 Å². The van der Waals surface area contributed by atoms with E-state index in [9.17, 15) is 0 Å². The van der Waals surface area contributed by atoms with Gasteiger partial charge in [-0.05, 0) is 24.8 Å². The molecule has 0 aliphatic heterocycles. The second kappa shape index (κ2) is 4.78. The summed E-state index contributed by atoms with van der Waals surface area (Å²) in [5.41, 5.74) is 8.13. The van der Waals surface area contributed by atoms with Crippen LogP contribution in [0.3, 0.4) is 0 Å². The average Bonchev–Trinajstić information content (AvgIpc) is 2.62. The molecule has 2 aromatic rings. The van der Waals surface area contributed by atoms with Crippen LogP contribution in [0.15, 0.2) is 24.3 Å². The third-order valence-electron chi connectivity index (χ3n) is 2.82. The van der Waals surface area contributed by atoms with Crippen molar-refractivity contribution in [2.24, 2.45) is 0 Å². The zero-order valence-electron chi connectivity index (χ0n) is 9.68. The van der Waals surface area contributed by atoms with Gasteiger partial charge in [-0.15, -0.1) is 0 Å². The van der Waals surface area contributed by atoms with Crippen molar-refractivity contribution in [3.63, 3.8) is 0 Å². The van der Waals surface area contributed by atoms with Gasteiger partial charge in [0, 0.05) is 11.8 Å². The first-order valence-electron chi connectivity index (χ1n) is 5.49. The third kappa shape index (κ3) is 1.89. The van der Waals surface area contributed by atoms with Crippen molar-refractivity contribution in [3.05, 3.63) is 24.3 Å². The molecule has 4 heteroatoms. The van der Waals surface area contributed by atoms with Gasteiger partial charge in [0.25, 0.3) is 0 Å². The van der Waals surface area contributed by atoms with Crippen molar-refractivity contribution in [1.82, 2.24) is 9.55 Å². The van der Waals surface area contributed by atoms with Crippen molar-refractivity contribution in [2.45, 2.75) is 19.4 Å². The highest BCUT2D eigenvalue weighted by Gasteiger charge is 2.15. The summed E-state index contributed by atoms with van der Waals surface area (Å²) in [5, 5.41) is 0. The number of rotatable bonds is 4. The molecule has 0 aliphatic rings. The number of nitrogens with zero attached hydrogens (tertiary/aromatic N) is 2. The number of para-hydroxylation sites is 2. The lowest BCUT2D eigenvalue weighted by atomic mass is 10.2. The maximum absolute atomic E-state index is 6.00. The van der Waals surface area contributed by atoms with E-state index in [4.69, 9.17) is 5.73 Å². The van der Waals surface area contributed by atoms with Crippen LogP contribution in [0.2, 0.25) is 0 Å². The van der Waals surface area contributed by atoms with E-state index in [-0.39, 0.29) is 0 Å². The van der Waals surface area contributed by atoms with Gasteiger partial charge in [0.2, 0.25) is 5.95 Å². The predicted octanol–water partition coefficient (Wildman–Crippen LogP) is 2.93. The molecule has 1 heterocycles. The minimum Gasteiger partial charge on any atom is -0.369 e. The standard InChI is InChI=1S/C12H17N3S/c1-3-9(8-16-2)15-11-7-5-4-6-10(11)14-12(15)13/h4-7,9H,3,8H2,1-2H3,(H2,13,14). The Bertz CT molecular complexity index is 478. The number of hydrogen-bond donors (Lipinski definition) is 1. The number of anilines is 1. The van der Waals surface area contributed by atoms with E-state index in [1.54, 1.807) is 0 Å². The van der Waals surface area contributed by atoms with Gasteiger partial charge in [0.1, 0.15) is 0 Å². The fourth-order valence-electron chi connectivity index (χ4n) is 2.01. The van der Waals surface area contributed by atoms with Gasteiger partial charge in [-0.2, -0.15) is 11.8 Å². The normalized spacial score (nSPS) is 13.1. The lowest BCUT2D eigenvalue weighted by Gasteiger charge is -2.17. The fraction of sp³-hybridized carbons (Fsp3) is 0.417. The van der Waals surface area contributed by atoms with Crippen LogP contribution in [0, 0.1) is 0 Å². The molecule has 0 radical (unpaired) electrons. The summed E-state index contributed by atoms with van der Waals surface area (Å²) in [7, 11) is 0. The quantitative estimate of drug-likeness (QED) is 0.886. The Kier molecular flexibility index (Phi) is 3.39. The molecular formula is C12H17N3S. The van der Waals surface area contributed by atoms with E-state index >= 15 is 0 Å². The molecule has 0 aliphatic carbocycles. The van der Waals surface area contributed by atoms with Crippen molar-refractivity contribution in [3.8, 4) is 0 Å². The maximum Gasteiger partial charge on any atom is 0.201 e. The first-order valence-corrected chi connectivity index (χ1v) is 6.88. The molecule has 2 rings (SSSR count). The van der Waals surface area contributed by atoms with E-state index in [0.717, 1.165) is 23.2 Å². The molecule has 1 unspecified atom stereocenters. The maximum atomic E-state index is 6.00. The average molecular weight is 235 g/mol. The Morgan fingerprint density at radius 1 is 1.44 bits per heavy atom. The summed E-state index contributed by atoms with van der Waals surface area (Å²) in [6.07, 6.45) is 3.20. The molecule has 0 fully saturated rings. The first-order chi connectivity index (χ1) is 7.77. The third-order valence-corrected chi connectivity index (χ3v) is 3.54. The highest BCUT2D eigenvalue weighted by Crippen LogP contribution is 2.26. The highest BCUT2D eigenvalue weighted by molar-refractivity contribution is 7.98. The van der Waals surface area contributed by atoms with Gasteiger partial charge in [-0.1, -0.05) is 19.1 Å². The topological polar surface area (TPSA) is 43.8 Å². The van der Waals surface area contributed by atoms with E-state index in [0.29, 0.717) is 12.0 Å². The Morgan fingerprint density at radius 2 is 2.19 bits per heavy atom. The number of nitrogens with two attached hydrogens (primary N) is 1. The molecule has 0 saturated carbocycles. The smallest absolute Gasteiger partial charge is 0.201 e. The molecule has 1 aromatic heterocycles. The van der Waals surface area contributed by atoms with Crippen LogP contribution < -0.4 is 5.73 Å². The summed E-state index contributed by atoms with van der Waals surface area (Å²) < 4.78 is 2.16. The van der Waals surface area contributed by atoms with Gasteiger partial charge in [0.05, 0.1) is 11.0 Å². The van der Waals surface area contributed by atoms with Crippen LogP contribution in [-0.4, -0.2) is 21.6 Å². The molecule has 16 heavy (non-hydrogen) atoms. The van der Waals surface area contributed by atoms with Crippen molar-refractivity contribution in [1.29, 1.82) is 0 Å². The van der Waals surface area contributed by atoms with Crippen molar-refractivity contribution < 1.29 is 0 Å². The van der Waals surface area contributed by atoms with Crippen LogP contribution in [0.5, 0.6) is 0 Å². The molecule has 1 atom stereocenters. The van der Waals surface area contributed by atoms with Crippen LogP contribution in [0.25, 0.3) is 11.0 Å². The van der Waals surface area contributed by atoms with Crippen molar-refractivity contribution >= 4 is 28.7 Å². The Labute approximate surface area is 100 Å². The molecule has 86 valence electrons. The second-order valence-corrected chi connectivity index (χ2v) is 4.76. The molecule has 0 saturated heterocycles. The SMILES string of the molecule is CCC(CSC)n1c(N)nc2ccccc21. The van der Waals surface area contributed by atoms with E-state index < -0.39 is 0 Å². The van der Waals surface area contributed by atoms with Gasteiger partial charge >= 0.3 is 0 Å². The summed E-state index contributed by atoms with van der Waals surface area (Å²) >= 11 is 1.85. The highest BCUT2D eigenvalue weighted by atomic mass is 32.2. The number of imidazole rings is 1. The van der Waals surface area contributed by atoms with E-state index in [1.165, 1.54) is 0 Å². The molecule has 2 N–H and O–H groups in total.